The summed E-state index contributed by atoms with van der Waals surface area (Å²) in [5.74, 6) is -0.397. The van der Waals surface area contributed by atoms with E-state index in [0.29, 0.717) is 13.0 Å². The van der Waals surface area contributed by atoms with Gasteiger partial charge in [-0.25, -0.2) is 4.79 Å². The van der Waals surface area contributed by atoms with Crippen LogP contribution < -0.4 is 5.73 Å². The lowest BCUT2D eigenvalue weighted by molar-refractivity contribution is -0.151. The molecule has 4 nitrogen and oxygen atoms in total. The Morgan fingerprint density at radius 2 is 2.29 bits per heavy atom. The lowest BCUT2D eigenvalue weighted by atomic mass is 10.0. The zero-order chi connectivity index (χ0) is 12.3. The molecular weight excluding hydrogens is 286 g/mol. The Bertz CT molecular complexity index is 416. The summed E-state index contributed by atoms with van der Waals surface area (Å²) < 4.78 is 11.3. The summed E-state index contributed by atoms with van der Waals surface area (Å²) >= 11 is 3.40. The first-order valence-corrected chi connectivity index (χ1v) is 6.18. The number of hydrogen-bond acceptors (Lipinski definition) is 4. The molecule has 2 rings (SSSR count). The highest BCUT2D eigenvalue weighted by Crippen LogP contribution is 2.20. The average molecular weight is 300 g/mol. The van der Waals surface area contributed by atoms with E-state index in [2.05, 4.69) is 15.9 Å². The monoisotopic (exact) mass is 299 g/mol. The molecule has 0 aliphatic carbocycles. The Labute approximate surface area is 108 Å². The molecule has 5 heteroatoms. The van der Waals surface area contributed by atoms with Gasteiger partial charge in [0.1, 0.15) is 12.1 Å². The van der Waals surface area contributed by atoms with E-state index in [1.54, 1.807) is 0 Å². The molecule has 1 heterocycles. The highest BCUT2D eigenvalue weighted by atomic mass is 79.9. The molecule has 0 radical (unpaired) electrons. The van der Waals surface area contributed by atoms with E-state index in [9.17, 15) is 4.79 Å². The number of esters is 1. The van der Waals surface area contributed by atoms with E-state index in [4.69, 9.17) is 15.2 Å². The Kier molecular flexibility index (Phi) is 3.81. The summed E-state index contributed by atoms with van der Waals surface area (Å²) in [5, 5.41) is 0. The summed E-state index contributed by atoms with van der Waals surface area (Å²) in [6, 6.07) is 7.60. The first kappa shape index (κ1) is 12.5. The Hall–Kier alpha value is -0.910. The SMILES string of the molecule is NC1(C(=O)OCc2ccccc2Br)CCOC1. The minimum Gasteiger partial charge on any atom is -0.459 e. The second-order valence-electron chi connectivity index (χ2n) is 4.13. The standard InChI is InChI=1S/C12H14BrNO3/c13-10-4-2-1-3-9(10)7-17-11(15)12(14)5-6-16-8-12/h1-4H,5-8,14H2. The Morgan fingerprint density at radius 1 is 1.53 bits per heavy atom. The quantitative estimate of drug-likeness (QED) is 0.862. The van der Waals surface area contributed by atoms with Crippen LogP contribution in [0.5, 0.6) is 0 Å². The van der Waals surface area contributed by atoms with Crippen molar-refractivity contribution in [1.82, 2.24) is 0 Å². The smallest absolute Gasteiger partial charge is 0.328 e. The predicted octanol–water partition coefficient (Wildman–Crippen LogP) is 1.61. The van der Waals surface area contributed by atoms with Crippen molar-refractivity contribution in [3.8, 4) is 0 Å². The number of rotatable bonds is 3. The molecule has 0 amide bonds. The maximum Gasteiger partial charge on any atom is 0.328 e. The summed E-state index contributed by atoms with van der Waals surface area (Å²) in [7, 11) is 0. The van der Waals surface area contributed by atoms with Crippen molar-refractivity contribution in [2.75, 3.05) is 13.2 Å². The van der Waals surface area contributed by atoms with Gasteiger partial charge in [-0.2, -0.15) is 0 Å². The highest BCUT2D eigenvalue weighted by Gasteiger charge is 2.39. The normalized spacial score (nSPS) is 23.6. The highest BCUT2D eigenvalue weighted by molar-refractivity contribution is 9.10. The van der Waals surface area contributed by atoms with Crippen LogP contribution in [0.15, 0.2) is 28.7 Å². The lowest BCUT2D eigenvalue weighted by Crippen LogP contribution is -2.49. The topological polar surface area (TPSA) is 61.6 Å². The van der Waals surface area contributed by atoms with Crippen molar-refractivity contribution >= 4 is 21.9 Å². The molecule has 1 aromatic carbocycles. The van der Waals surface area contributed by atoms with Gasteiger partial charge in [-0.3, -0.25) is 0 Å². The van der Waals surface area contributed by atoms with Gasteiger partial charge in [0.15, 0.2) is 0 Å². The van der Waals surface area contributed by atoms with E-state index < -0.39 is 11.5 Å². The summed E-state index contributed by atoms with van der Waals surface area (Å²) in [5.41, 5.74) is 5.84. The molecule has 0 saturated carbocycles. The maximum absolute atomic E-state index is 11.8. The van der Waals surface area contributed by atoms with E-state index in [0.717, 1.165) is 10.0 Å². The van der Waals surface area contributed by atoms with Gasteiger partial charge in [0.25, 0.3) is 0 Å². The number of hydrogen-bond donors (Lipinski definition) is 1. The van der Waals surface area contributed by atoms with Gasteiger partial charge in [-0.1, -0.05) is 34.1 Å². The van der Waals surface area contributed by atoms with Crippen LogP contribution in [-0.2, 0) is 20.9 Å². The molecule has 92 valence electrons. The minimum atomic E-state index is -0.971. The summed E-state index contributed by atoms with van der Waals surface area (Å²) in [4.78, 5) is 11.8. The molecule has 1 aliphatic heterocycles. The fourth-order valence-corrected chi connectivity index (χ4v) is 2.04. The second-order valence-corrected chi connectivity index (χ2v) is 4.98. The van der Waals surface area contributed by atoms with Crippen molar-refractivity contribution < 1.29 is 14.3 Å². The second kappa shape index (κ2) is 5.16. The fourth-order valence-electron chi connectivity index (χ4n) is 1.64. The van der Waals surface area contributed by atoms with Crippen molar-refractivity contribution in [3.05, 3.63) is 34.3 Å². The lowest BCUT2D eigenvalue weighted by Gasteiger charge is -2.19. The molecule has 0 aromatic heterocycles. The zero-order valence-electron chi connectivity index (χ0n) is 9.32. The molecule has 1 atom stereocenters. The van der Waals surface area contributed by atoms with Gasteiger partial charge in [0, 0.05) is 23.1 Å². The largest absolute Gasteiger partial charge is 0.459 e. The number of halogens is 1. The van der Waals surface area contributed by atoms with Gasteiger partial charge in [-0.05, 0) is 6.07 Å². The van der Waals surface area contributed by atoms with Gasteiger partial charge in [0.2, 0.25) is 0 Å². The summed E-state index contributed by atoms with van der Waals surface area (Å²) in [6.07, 6.45) is 0.516. The minimum absolute atomic E-state index is 0.221. The van der Waals surface area contributed by atoms with E-state index >= 15 is 0 Å². The molecule has 1 aromatic rings. The fraction of sp³-hybridized carbons (Fsp3) is 0.417. The molecule has 2 N–H and O–H groups in total. The molecule has 0 spiro atoms. The van der Waals surface area contributed by atoms with Gasteiger partial charge >= 0.3 is 5.97 Å². The predicted molar refractivity (Wildman–Crippen MR) is 66.3 cm³/mol. The van der Waals surface area contributed by atoms with E-state index in [-0.39, 0.29) is 13.2 Å². The Balaban J connectivity index is 1.94. The van der Waals surface area contributed by atoms with Gasteiger partial charge in [0.05, 0.1) is 6.61 Å². The zero-order valence-corrected chi connectivity index (χ0v) is 10.9. The molecule has 1 fully saturated rings. The summed E-state index contributed by atoms with van der Waals surface area (Å²) in [6.45, 7) is 0.974. The van der Waals surface area contributed by atoms with Crippen LogP contribution in [0.1, 0.15) is 12.0 Å². The molecule has 1 unspecified atom stereocenters. The third-order valence-corrected chi connectivity index (χ3v) is 3.55. The number of benzene rings is 1. The van der Waals surface area contributed by atoms with Crippen LogP contribution in [0.25, 0.3) is 0 Å². The third kappa shape index (κ3) is 2.86. The Morgan fingerprint density at radius 3 is 2.94 bits per heavy atom. The molecule has 1 aliphatic rings. The third-order valence-electron chi connectivity index (χ3n) is 2.78. The van der Waals surface area contributed by atoms with Crippen LogP contribution >= 0.6 is 15.9 Å². The van der Waals surface area contributed by atoms with Crippen molar-refractivity contribution in [2.45, 2.75) is 18.6 Å². The van der Waals surface area contributed by atoms with Crippen LogP contribution in [0.3, 0.4) is 0 Å². The van der Waals surface area contributed by atoms with Crippen molar-refractivity contribution in [1.29, 1.82) is 0 Å². The van der Waals surface area contributed by atoms with Crippen LogP contribution in [0.4, 0.5) is 0 Å². The van der Waals surface area contributed by atoms with E-state index in [1.807, 2.05) is 24.3 Å². The van der Waals surface area contributed by atoms with Crippen molar-refractivity contribution in [3.63, 3.8) is 0 Å². The van der Waals surface area contributed by atoms with Gasteiger partial charge < -0.3 is 15.2 Å². The maximum atomic E-state index is 11.8. The van der Waals surface area contributed by atoms with Crippen LogP contribution in [0, 0.1) is 0 Å². The first-order valence-electron chi connectivity index (χ1n) is 5.39. The number of carbonyl (C=O) groups is 1. The van der Waals surface area contributed by atoms with Crippen molar-refractivity contribution in [2.24, 2.45) is 5.73 Å². The number of carbonyl (C=O) groups excluding carboxylic acids is 1. The average Bonchev–Trinajstić information content (AvgIpc) is 2.76. The molecule has 17 heavy (non-hydrogen) atoms. The molecule has 1 saturated heterocycles. The van der Waals surface area contributed by atoms with Gasteiger partial charge in [-0.15, -0.1) is 0 Å². The molecular formula is C12H14BrNO3. The number of ether oxygens (including phenoxy) is 2. The molecule has 0 bridgehead atoms. The van der Waals surface area contributed by atoms with Crippen LogP contribution in [-0.4, -0.2) is 24.7 Å². The van der Waals surface area contributed by atoms with E-state index in [1.165, 1.54) is 0 Å². The van der Waals surface area contributed by atoms with Crippen LogP contribution in [0.2, 0.25) is 0 Å². The first-order chi connectivity index (χ1) is 8.12. The number of nitrogens with two attached hydrogens (primary N) is 1.